The van der Waals surface area contributed by atoms with Crippen LogP contribution < -0.4 is 20.9 Å². The van der Waals surface area contributed by atoms with Crippen LogP contribution in [0.1, 0.15) is 32.9 Å². The molecule has 1 aliphatic heterocycles. The van der Waals surface area contributed by atoms with Gasteiger partial charge in [0, 0.05) is 0 Å². The number of ether oxygens (including phenoxy) is 2. The molecule has 32 heavy (non-hydrogen) atoms. The number of aromatic amines is 1. The molecule has 2 heterocycles. The van der Waals surface area contributed by atoms with E-state index in [2.05, 4.69) is 15.2 Å². The molecule has 13 heteroatoms. The topological polar surface area (TPSA) is 151 Å². The van der Waals surface area contributed by atoms with Crippen molar-refractivity contribution in [3.05, 3.63) is 57.4 Å². The van der Waals surface area contributed by atoms with Crippen LogP contribution in [0.15, 0.2) is 46.1 Å². The molecule has 2 aromatic rings. The molecule has 0 saturated carbocycles. The van der Waals surface area contributed by atoms with Crippen LogP contribution in [0.5, 0.6) is 5.75 Å². The lowest BCUT2D eigenvalue weighted by Gasteiger charge is -2.22. The summed E-state index contributed by atoms with van der Waals surface area (Å²) in [5.74, 6) is -0.323. The highest BCUT2D eigenvalue weighted by Gasteiger charge is 2.33. The fourth-order valence-corrected chi connectivity index (χ4v) is 4.22. The van der Waals surface area contributed by atoms with Crippen molar-refractivity contribution in [1.82, 2.24) is 19.9 Å². The molecule has 2 unspecified atom stereocenters. The Morgan fingerprint density at radius 3 is 2.75 bits per heavy atom. The lowest BCUT2D eigenvalue weighted by molar-refractivity contribution is -0.145. The number of H-pyrrole nitrogens is 1. The lowest BCUT2D eigenvalue weighted by Crippen LogP contribution is -2.34. The highest BCUT2D eigenvalue weighted by Crippen LogP contribution is 2.45. The van der Waals surface area contributed by atoms with E-state index in [0.29, 0.717) is 12.8 Å². The van der Waals surface area contributed by atoms with E-state index in [1.54, 1.807) is 44.2 Å². The molecule has 1 saturated heterocycles. The second-order valence-electron chi connectivity index (χ2n) is 7.24. The number of rotatable bonds is 10. The van der Waals surface area contributed by atoms with E-state index in [0.717, 1.165) is 10.9 Å². The monoisotopic (exact) mass is 468 g/mol. The molecular weight excluding hydrogens is 443 g/mol. The second-order valence-corrected chi connectivity index (χ2v) is 9.00. The number of esters is 1. The minimum Gasteiger partial charge on any atom is -0.462 e. The first-order valence-corrected chi connectivity index (χ1v) is 11.6. The van der Waals surface area contributed by atoms with E-state index in [4.69, 9.17) is 18.5 Å². The number of hydrogen-bond acceptors (Lipinski definition) is 9. The first-order valence-electron chi connectivity index (χ1n) is 10.0. The van der Waals surface area contributed by atoms with Gasteiger partial charge in [0.2, 0.25) is 0 Å². The lowest BCUT2D eigenvalue weighted by atomic mass is 10.2. The molecule has 3 atom stereocenters. The summed E-state index contributed by atoms with van der Waals surface area (Å²) in [7, 11) is -3.96. The molecule has 0 bridgehead atoms. The third kappa shape index (κ3) is 6.86. The van der Waals surface area contributed by atoms with Gasteiger partial charge in [-0.3, -0.25) is 19.1 Å². The predicted octanol–water partition coefficient (Wildman–Crippen LogP) is 1.35. The van der Waals surface area contributed by atoms with Gasteiger partial charge >= 0.3 is 19.4 Å². The standard InChI is InChI=1S/C19H25N4O8P/c1-13(2)29-18(25)11-21-32(27,31-14-6-4-3-5-7-14)28-12-15-8-9-17(30-15)23-19(26)22-16(24)10-20-23/h3-7,10,13,15,17H,8-9,11-12H2,1-2H3,(H,21,27)(H,22,24,26)/t15?,17-,32?/m1/s1. The zero-order chi connectivity index (χ0) is 23.1. The van der Waals surface area contributed by atoms with Gasteiger partial charge in [-0.05, 0) is 38.8 Å². The van der Waals surface area contributed by atoms with Crippen molar-refractivity contribution in [2.45, 2.75) is 45.1 Å². The molecule has 174 valence electrons. The molecule has 1 aromatic heterocycles. The molecule has 12 nitrogen and oxygen atoms in total. The third-order valence-corrected chi connectivity index (χ3v) is 5.76. The Bertz CT molecular complexity index is 1070. The summed E-state index contributed by atoms with van der Waals surface area (Å²) in [6.45, 7) is 2.88. The van der Waals surface area contributed by atoms with E-state index in [-0.39, 0.29) is 25.0 Å². The van der Waals surface area contributed by atoms with E-state index >= 15 is 0 Å². The van der Waals surface area contributed by atoms with Crippen molar-refractivity contribution in [3.8, 4) is 5.75 Å². The van der Waals surface area contributed by atoms with Gasteiger partial charge in [-0.15, -0.1) is 0 Å². The second kappa shape index (κ2) is 10.7. The summed E-state index contributed by atoms with van der Waals surface area (Å²) in [4.78, 5) is 37.0. The molecule has 3 rings (SSSR count). The predicted molar refractivity (Wildman–Crippen MR) is 112 cm³/mol. The van der Waals surface area contributed by atoms with Gasteiger partial charge in [-0.25, -0.2) is 14.4 Å². The fourth-order valence-electron chi connectivity index (χ4n) is 2.93. The number of benzene rings is 1. The summed E-state index contributed by atoms with van der Waals surface area (Å²) in [5.41, 5.74) is -1.29. The Morgan fingerprint density at radius 1 is 1.31 bits per heavy atom. The van der Waals surface area contributed by atoms with Crippen LogP contribution in [0.2, 0.25) is 0 Å². The van der Waals surface area contributed by atoms with Crippen molar-refractivity contribution in [3.63, 3.8) is 0 Å². The van der Waals surface area contributed by atoms with Crippen LogP contribution in [-0.4, -0.2) is 46.1 Å². The Morgan fingerprint density at radius 2 is 2.06 bits per heavy atom. The highest BCUT2D eigenvalue weighted by atomic mass is 31.2. The molecule has 0 aliphatic carbocycles. The van der Waals surface area contributed by atoms with Crippen LogP contribution in [0, 0.1) is 0 Å². The molecule has 0 amide bonds. The number of hydrogen-bond donors (Lipinski definition) is 2. The van der Waals surface area contributed by atoms with E-state index in [1.165, 1.54) is 0 Å². The molecule has 0 spiro atoms. The minimum atomic E-state index is -3.96. The van der Waals surface area contributed by atoms with E-state index in [1.807, 2.05) is 0 Å². The van der Waals surface area contributed by atoms with Crippen molar-refractivity contribution in [2.75, 3.05) is 13.2 Å². The summed E-state index contributed by atoms with van der Waals surface area (Å²) in [6.07, 6.45) is 0.364. The van der Waals surface area contributed by atoms with Crippen molar-refractivity contribution in [1.29, 1.82) is 0 Å². The number of carbonyl (C=O) groups excluding carboxylic acids is 1. The van der Waals surface area contributed by atoms with Crippen LogP contribution in [0.25, 0.3) is 0 Å². The summed E-state index contributed by atoms with van der Waals surface area (Å²) in [5, 5.41) is 6.29. The van der Waals surface area contributed by atoms with Gasteiger partial charge in [0.15, 0.2) is 6.23 Å². The average Bonchev–Trinajstić information content (AvgIpc) is 3.20. The van der Waals surface area contributed by atoms with Crippen LogP contribution in [-0.2, 0) is 23.4 Å². The summed E-state index contributed by atoms with van der Waals surface area (Å²) >= 11 is 0. The van der Waals surface area contributed by atoms with Crippen molar-refractivity contribution in [2.24, 2.45) is 0 Å². The SMILES string of the molecule is CC(C)OC(=O)CNP(=O)(OCC1CC[C@H](n2ncc(=O)[nH]c2=O)O1)Oc1ccccc1. The molecular formula is C19H25N4O8P. The van der Waals surface area contributed by atoms with Gasteiger partial charge < -0.3 is 14.0 Å². The number of nitrogens with one attached hydrogen (secondary N) is 2. The van der Waals surface area contributed by atoms with E-state index < -0.39 is 37.3 Å². The average molecular weight is 468 g/mol. The van der Waals surface area contributed by atoms with Crippen molar-refractivity contribution < 1.29 is 27.9 Å². The maximum atomic E-state index is 13.2. The quantitative estimate of drug-likeness (QED) is 0.386. The largest absolute Gasteiger partial charge is 0.462 e. The van der Waals surface area contributed by atoms with Crippen LogP contribution in [0.4, 0.5) is 0 Å². The van der Waals surface area contributed by atoms with Crippen LogP contribution in [0.3, 0.4) is 0 Å². The zero-order valence-corrected chi connectivity index (χ0v) is 18.5. The summed E-state index contributed by atoms with van der Waals surface area (Å²) in [6, 6.07) is 8.37. The van der Waals surface area contributed by atoms with Gasteiger partial charge in [-0.1, -0.05) is 18.2 Å². The molecule has 2 N–H and O–H groups in total. The normalized spacial score (nSPS) is 20.1. The minimum absolute atomic E-state index is 0.134. The Balaban J connectivity index is 1.62. The smallest absolute Gasteiger partial charge is 0.459 e. The third-order valence-electron chi connectivity index (χ3n) is 4.28. The van der Waals surface area contributed by atoms with Gasteiger partial charge in [0.05, 0.1) is 18.8 Å². The van der Waals surface area contributed by atoms with Gasteiger partial charge in [0.1, 0.15) is 18.5 Å². The number of aromatic nitrogens is 3. The Kier molecular flexibility index (Phi) is 7.97. The molecule has 1 fully saturated rings. The zero-order valence-electron chi connectivity index (χ0n) is 17.6. The number of para-hydroxylation sites is 1. The van der Waals surface area contributed by atoms with E-state index in [9.17, 15) is 18.9 Å². The van der Waals surface area contributed by atoms with Crippen molar-refractivity contribution >= 4 is 13.7 Å². The van der Waals surface area contributed by atoms with Gasteiger partial charge in [-0.2, -0.15) is 9.78 Å². The number of carbonyl (C=O) groups is 1. The fraction of sp³-hybridized carbons (Fsp3) is 0.474. The highest BCUT2D eigenvalue weighted by molar-refractivity contribution is 7.52. The molecule has 1 aliphatic rings. The van der Waals surface area contributed by atoms with Gasteiger partial charge in [0.25, 0.3) is 5.56 Å². The van der Waals surface area contributed by atoms with Crippen LogP contribution >= 0.6 is 7.75 Å². The Labute approximate surface area is 183 Å². The molecule has 1 aromatic carbocycles. The first-order chi connectivity index (χ1) is 15.2. The molecule has 0 radical (unpaired) electrons. The Hall–Kier alpha value is -2.79. The summed E-state index contributed by atoms with van der Waals surface area (Å²) < 4.78 is 36.1. The maximum absolute atomic E-state index is 13.2. The number of nitrogens with zero attached hydrogens (tertiary/aromatic N) is 2. The maximum Gasteiger partial charge on any atom is 0.459 e. The first kappa shape index (κ1) is 23.9.